The second-order valence-corrected chi connectivity index (χ2v) is 4.28. The van der Waals surface area contributed by atoms with Gasteiger partial charge in [0, 0.05) is 0 Å². The van der Waals surface area contributed by atoms with E-state index in [1.807, 2.05) is 13.8 Å². The largest absolute Gasteiger partial charge is 0.436 e. The van der Waals surface area contributed by atoms with Gasteiger partial charge in [-0.1, -0.05) is 11.6 Å². The number of aromatic nitrogens is 3. The molecule has 0 aromatic carbocycles. The van der Waals surface area contributed by atoms with Crippen LogP contribution in [0.15, 0.2) is 26.8 Å². The standard InChI is InChI=1S/C9H8ClN3OS/c1-5-6(2)14-9(11-5)15-8-4-3-7(10)12-13-8/h3-4H,1-2H3. The Morgan fingerprint density at radius 3 is 2.60 bits per heavy atom. The van der Waals surface area contributed by atoms with E-state index < -0.39 is 0 Å². The Labute approximate surface area is 96.1 Å². The van der Waals surface area contributed by atoms with Crippen molar-refractivity contribution in [3.8, 4) is 0 Å². The maximum atomic E-state index is 5.62. The third kappa shape index (κ3) is 2.49. The predicted molar refractivity (Wildman–Crippen MR) is 57.1 cm³/mol. The van der Waals surface area contributed by atoms with Gasteiger partial charge in [-0.2, -0.15) is 0 Å². The van der Waals surface area contributed by atoms with E-state index in [-0.39, 0.29) is 0 Å². The van der Waals surface area contributed by atoms with Gasteiger partial charge in [0.15, 0.2) is 5.15 Å². The second-order valence-electron chi connectivity index (χ2n) is 2.92. The third-order valence-electron chi connectivity index (χ3n) is 1.81. The highest BCUT2D eigenvalue weighted by atomic mass is 35.5. The van der Waals surface area contributed by atoms with E-state index in [1.54, 1.807) is 12.1 Å². The zero-order valence-electron chi connectivity index (χ0n) is 8.19. The Balaban J connectivity index is 2.18. The molecular weight excluding hydrogens is 234 g/mol. The van der Waals surface area contributed by atoms with Crippen molar-refractivity contribution in [2.75, 3.05) is 0 Å². The monoisotopic (exact) mass is 241 g/mol. The molecule has 4 nitrogen and oxygen atoms in total. The molecule has 0 unspecified atom stereocenters. The average Bonchev–Trinajstić information content (AvgIpc) is 2.50. The van der Waals surface area contributed by atoms with Crippen LogP contribution in [0.25, 0.3) is 0 Å². The Kier molecular flexibility index (Phi) is 2.93. The summed E-state index contributed by atoms with van der Waals surface area (Å²) < 4.78 is 5.40. The topological polar surface area (TPSA) is 51.8 Å². The Morgan fingerprint density at radius 2 is 2.07 bits per heavy atom. The van der Waals surface area contributed by atoms with Gasteiger partial charge in [-0.05, 0) is 37.7 Å². The SMILES string of the molecule is Cc1nc(Sc2ccc(Cl)nn2)oc1C. The smallest absolute Gasteiger partial charge is 0.262 e. The lowest BCUT2D eigenvalue weighted by Crippen LogP contribution is -1.84. The van der Waals surface area contributed by atoms with E-state index in [4.69, 9.17) is 16.0 Å². The molecule has 0 bridgehead atoms. The second kappa shape index (κ2) is 4.20. The molecular formula is C9H8ClN3OS. The van der Waals surface area contributed by atoms with Crippen molar-refractivity contribution in [2.24, 2.45) is 0 Å². The zero-order chi connectivity index (χ0) is 10.8. The molecule has 0 N–H and O–H groups in total. The summed E-state index contributed by atoms with van der Waals surface area (Å²) in [5, 5.41) is 9.28. The minimum Gasteiger partial charge on any atom is -0.436 e. The van der Waals surface area contributed by atoms with Crippen molar-refractivity contribution in [3.63, 3.8) is 0 Å². The van der Waals surface area contributed by atoms with Crippen LogP contribution in [0.2, 0.25) is 5.15 Å². The van der Waals surface area contributed by atoms with Crippen LogP contribution >= 0.6 is 23.4 Å². The molecule has 0 aliphatic rings. The van der Waals surface area contributed by atoms with E-state index in [0.29, 0.717) is 15.4 Å². The molecule has 0 aliphatic heterocycles. The van der Waals surface area contributed by atoms with Crippen molar-refractivity contribution in [3.05, 3.63) is 28.7 Å². The predicted octanol–water partition coefficient (Wildman–Crippen LogP) is 2.89. The van der Waals surface area contributed by atoms with Crippen LogP contribution in [0.1, 0.15) is 11.5 Å². The van der Waals surface area contributed by atoms with E-state index in [9.17, 15) is 0 Å². The van der Waals surface area contributed by atoms with Gasteiger partial charge in [-0.3, -0.25) is 0 Å². The molecule has 2 aromatic heterocycles. The third-order valence-corrected chi connectivity index (χ3v) is 2.79. The molecule has 0 atom stereocenters. The number of halogens is 1. The normalized spacial score (nSPS) is 10.6. The van der Waals surface area contributed by atoms with Gasteiger partial charge >= 0.3 is 0 Å². The van der Waals surface area contributed by atoms with Crippen LogP contribution in [0.3, 0.4) is 0 Å². The first-order valence-electron chi connectivity index (χ1n) is 4.26. The van der Waals surface area contributed by atoms with Gasteiger partial charge in [0.1, 0.15) is 10.8 Å². The van der Waals surface area contributed by atoms with Crippen molar-refractivity contribution < 1.29 is 4.42 Å². The van der Waals surface area contributed by atoms with Crippen molar-refractivity contribution in [1.82, 2.24) is 15.2 Å². The quantitative estimate of drug-likeness (QED) is 0.809. The van der Waals surface area contributed by atoms with Gasteiger partial charge in [0.25, 0.3) is 5.22 Å². The maximum Gasteiger partial charge on any atom is 0.262 e. The zero-order valence-corrected chi connectivity index (χ0v) is 9.76. The Hall–Kier alpha value is -1.07. The first-order valence-corrected chi connectivity index (χ1v) is 5.46. The van der Waals surface area contributed by atoms with Crippen LogP contribution in [-0.2, 0) is 0 Å². The highest BCUT2D eigenvalue weighted by molar-refractivity contribution is 7.99. The molecule has 2 aromatic rings. The van der Waals surface area contributed by atoms with Gasteiger partial charge in [-0.25, -0.2) is 4.98 Å². The molecule has 0 aliphatic carbocycles. The molecule has 0 radical (unpaired) electrons. The molecule has 0 spiro atoms. The molecule has 6 heteroatoms. The Morgan fingerprint density at radius 1 is 1.27 bits per heavy atom. The summed E-state index contributed by atoms with van der Waals surface area (Å²) in [6.07, 6.45) is 0. The number of nitrogens with zero attached hydrogens (tertiary/aromatic N) is 3. The summed E-state index contributed by atoms with van der Waals surface area (Å²) in [5.74, 6) is 0.819. The van der Waals surface area contributed by atoms with Crippen molar-refractivity contribution in [2.45, 2.75) is 24.1 Å². The number of hydrogen-bond acceptors (Lipinski definition) is 5. The van der Waals surface area contributed by atoms with Crippen molar-refractivity contribution in [1.29, 1.82) is 0 Å². The molecule has 2 heterocycles. The lowest BCUT2D eigenvalue weighted by atomic mass is 10.4. The number of oxazole rings is 1. The summed E-state index contributed by atoms with van der Waals surface area (Å²) in [5.41, 5.74) is 0.888. The summed E-state index contributed by atoms with van der Waals surface area (Å²) in [6, 6.07) is 3.45. The summed E-state index contributed by atoms with van der Waals surface area (Å²) in [7, 11) is 0. The summed E-state index contributed by atoms with van der Waals surface area (Å²) in [6.45, 7) is 3.77. The van der Waals surface area contributed by atoms with Gasteiger partial charge in [0.2, 0.25) is 0 Å². The van der Waals surface area contributed by atoms with Crippen LogP contribution in [0, 0.1) is 13.8 Å². The maximum absolute atomic E-state index is 5.62. The molecule has 2 rings (SSSR count). The summed E-state index contributed by atoms with van der Waals surface area (Å²) >= 11 is 6.94. The highest BCUT2D eigenvalue weighted by Gasteiger charge is 2.08. The molecule has 0 saturated heterocycles. The van der Waals surface area contributed by atoms with Gasteiger partial charge < -0.3 is 4.42 Å². The lowest BCUT2D eigenvalue weighted by molar-refractivity contribution is 0.431. The van der Waals surface area contributed by atoms with E-state index in [1.165, 1.54) is 11.8 Å². The molecule has 0 amide bonds. The fraction of sp³-hybridized carbons (Fsp3) is 0.222. The highest BCUT2D eigenvalue weighted by Crippen LogP contribution is 2.26. The molecule has 78 valence electrons. The van der Waals surface area contributed by atoms with E-state index in [0.717, 1.165) is 11.5 Å². The van der Waals surface area contributed by atoms with Crippen LogP contribution < -0.4 is 0 Å². The van der Waals surface area contributed by atoms with E-state index >= 15 is 0 Å². The number of hydrogen-bond donors (Lipinski definition) is 0. The van der Waals surface area contributed by atoms with E-state index in [2.05, 4.69) is 15.2 Å². The first-order chi connectivity index (χ1) is 7.15. The summed E-state index contributed by atoms with van der Waals surface area (Å²) in [4.78, 5) is 4.22. The van der Waals surface area contributed by atoms with Crippen LogP contribution in [0.5, 0.6) is 0 Å². The van der Waals surface area contributed by atoms with Gasteiger partial charge in [-0.15, -0.1) is 10.2 Å². The van der Waals surface area contributed by atoms with Crippen LogP contribution in [0.4, 0.5) is 0 Å². The lowest BCUT2D eigenvalue weighted by Gasteiger charge is -1.93. The molecule has 15 heavy (non-hydrogen) atoms. The fourth-order valence-electron chi connectivity index (χ4n) is 0.935. The minimum absolute atomic E-state index is 0.374. The molecule has 0 saturated carbocycles. The first kappa shape index (κ1) is 10.4. The molecule has 0 fully saturated rings. The average molecular weight is 242 g/mol. The fourth-order valence-corrected chi connectivity index (χ4v) is 1.78. The van der Waals surface area contributed by atoms with Crippen molar-refractivity contribution >= 4 is 23.4 Å². The number of aryl methyl sites for hydroxylation is 2. The minimum atomic E-state index is 0.374. The Bertz CT molecular complexity index is 449. The van der Waals surface area contributed by atoms with Gasteiger partial charge in [0.05, 0.1) is 5.69 Å². The number of rotatable bonds is 2. The van der Waals surface area contributed by atoms with Crippen LogP contribution in [-0.4, -0.2) is 15.2 Å².